The van der Waals surface area contributed by atoms with Crippen LogP contribution in [0.4, 0.5) is 4.39 Å². The van der Waals surface area contributed by atoms with E-state index in [4.69, 9.17) is 0 Å². The third-order valence-corrected chi connectivity index (χ3v) is 4.13. The van der Waals surface area contributed by atoms with Gasteiger partial charge in [-0.25, -0.2) is 4.39 Å². The van der Waals surface area contributed by atoms with E-state index in [1.165, 1.54) is 6.07 Å². The molecule has 0 unspecified atom stereocenters. The van der Waals surface area contributed by atoms with Gasteiger partial charge in [0.05, 0.1) is 5.56 Å². The lowest BCUT2D eigenvalue weighted by Crippen LogP contribution is -2.38. The van der Waals surface area contributed by atoms with Gasteiger partial charge in [0.1, 0.15) is 5.82 Å². The molecule has 1 heterocycles. The Bertz CT molecular complexity index is 441. The third kappa shape index (κ3) is 2.91. The summed E-state index contributed by atoms with van der Waals surface area (Å²) in [6, 6.07) is 4.50. The lowest BCUT2D eigenvalue weighted by atomic mass is 9.94. The van der Waals surface area contributed by atoms with Gasteiger partial charge < -0.3 is 4.90 Å². The van der Waals surface area contributed by atoms with Crippen molar-refractivity contribution in [2.24, 2.45) is 5.92 Å². The number of hydrogen-bond acceptors (Lipinski definition) is 1. The van der Waals surface area contributed by atoms with Crippen LogP contribution >= 0.6 is 15.9 Å². The summed E-state index contributed by atoms with van der Waals surface area (Å²) in [6.07, 6.45) is 3.21. The van der Waals surface area contributed by atoms with Gasteiger partial charge in [0.2, 0.25) is 0 Å². The quantitative estimate of drug-likeness (QED) is 0.812. The summed E-state index contributed by atoms with van der Waals surface area (Å²) in [7, 11) is 0. The van der Waals surface area contributed by atoms with Crippen LogP contribution in [0.5, 0.6) is 0 Å². The maximum atomic E-state index is 13.6. The average Bonchev–Trinajstić information content (AvgIpc) is 2.41. The minimum atomic E-state index is -0.444. The Morgan fingerprint density at radius 1 is 1.44 bits per heavy atom. The van der Waals surface area contributed by atoms with Gasteiger partial charge in [0.15, 0.2) is 0 Å². The van der Waals surface area contributed by atoms with E-state index in [0.717, 1.165) is 36.8 Å². The summed E-state index contributed by atoms with van der Waals surface area (Å²) >= 11 is 3.27. The summed E-state index contributed by atoms with van der Waals surface area (Å²) in [4.78, 5) is 14.0. The SMILES string of the molecule is CCC1CCN(C(=O)c2cc(Br)ccc2F)CC1. The van der Waals surface area contributed by atoms with Gasteiger partial charge in [-0.3, -0.25) is 4.79 Å². The zero-order valence-corrected chi connectivity index (χ0v) is 12.0. The summed E-state index contributed by atoms with van der Waals surface area (Å²) < 4.78 is 14.4. The number of benzene rings is 1. The molecule has 1 aliphatic heterocycles. The van der Waals surface area contributed by atoms with E-state index in [1.54, 1.807) is 17.0 Å². The van der Waals surface area contributed by atoms with E-state index < -0.39 is 5.82 Å². The smallest absolute Gasteiger partial charge is 0.256 e. The fourth-order valence-corrected chi connectivity index (χ4v) is 2.74. The van der Waals surface area contributed by atoms with E-state index >= 15 is 0 Å². The van der Waals surface area contributed by atoms with Crippen LogP contribution in [0.3, 0.4) is 0 Å². The first-order valence-electron chi connectivity index (χ1n) is 6.36. The standard InChI is InChI=1S/C14H17BrFNO/c1-2-10-5-7-17(8-6-10)14(18)12-9-11(15)3-4-13(12)16/h3-4,9-10H,2,5-8H2,1H3. The predicted octanol–water partition coefficient (Wildman–Crippen LogP) is 3.85. The molecule has 0 aromatic heterocycles. The van der Waals surface area contributed by atoms with Crippen molar-refractivity contribution in [2.75, 3.05) is 13.1 Å². The van der Waals surface area contributed by atoms with Crippen molar-refractivity contribution in [2.45, 2.75) is 26.2 Å². The van der Waals surface area contributed by atoms with Gasteiger partial charge in [0, 0.05) is 17.6 Å². The third-order valence-electron chi connectivity index (χ3n) is 3.64. The van der Waals surface area contributed by atoms with E-state index in [1.807, 2.05) is 0 Å². The molecule has 0 spiro atoms. The first kappa shape index (κ1) is 13.5. The number of likely N-dealkylation sites (tertiary alicyclic amines) is 1. The molecular weight excluding hydrogens is 297 g/mol. The molecule has 0 N–H and O–H groups in total. The Labute approximate surface area is 115 Å². The van der Waals surface area contributed by atoms with Gasteiger partial charge in [-0.05, 0) is 37.0 Å². The summed E-state index contributed by atoms with van der Waals surface area (Å²) in [5.41, 5.74) is 0.166. The van der Waals surface area contributed by atoms with Crippen molar-refractivity contribution in [3.63, 3.8) is 0 Å². The Morgan fingerprint density at radius 3 is 2.72 bits per heavy atom. The molecule has 2 rings (SSSR count). The average molecular weight is 314 g/mol. The van der Waals surface area contributed by atoms with Crippen molar-refractivity contribution in [1.82, 2.24) is 4.90 Å². The number of carbonyl (C=O) groups excluding carboxylic acids is 1. The first-order valence-corrected chi connectivity index (χ1v) is 7.15. The highest BCUT2D eigenvalue weighted by Crippen LogP contribution is 2.23. The van der Waals surface area contributed by atoms with Gasteiger partial charge in [-0.2, -0.15) is 0 Å². The highest BCUT2D eigenvalue weighted by atomic mass is 79.9. The van der Waals surface area contributed by atoms with Crippen molar-refractivity contribution in [3.8, 4) is 0 Å². The molecule has 0 saturated carbocycles. The second-order valence-corrected chi connectivity index (χ2v) is 5.68. The lowest BCUT2D eigenvalue weighted by Gasteiger charge is -2.31. The number of hydrogen-bond donors (Lipinski definition) is 0. The van der Waals surface area contributed by atoms with Crippen molar-refractivity contribution < 1.29 is 9.18 Å². The van der Waals surface area contributed by atoms with Crippen LogP contribution in [-0.4, -0.2) is 23.9 Å². The van der Waals surface area contributed by atoms with Crippen LogP contribution in [0, 0.1) is 11.7 Å². The van der Waals surface area contributed by atoms with Crippen molar-refractivity contribution in [3.05, 3.63) is 34.1 Å². The second-order valence-electron chi connectivity index (χ2n) is 4.77. The molecular formula is C14H17BrFNO. The van der Waals surface area contributed by atoms with Crippen LogP contribution < -0.4 is 0 Å². The number of rotatable bonds is 2. The van der Waals surface area contributed by atoms with Gasteiger partial charge in [-0.1, -0.05) is 29.3 Å². The molecule has 0 bridgehead atoms. The van der Waals surface area contributed by atoms with Crippen LogP contribution in [0.25, 0.3) is 0 Å². The molecule has 98 valence electrons. The Kier molecular flexibility index (Phi) is 4.38. The van der Waals surface area contributed by atoms with Crippen LogP contribution in [-0.2, 0) is 0 Å². The molecule has 1 aromatic carbocycles. The molecule has 0 atom stereocenters. The number of halogens is 2. The number of nitrogens with zero attached hydrogens (tertiary/aromatic N) is 1. The molecule has 0 radical (unpaired) electrons. The van der Waals surface area contributed by atoms with Gasteiger partial charge in [-0.15, -0.1) is 0 Å². The van der Waals surface area contributed by atoms with E-state index in [0.29, 0.717) is 5.92 Å². The molecule has 1 fully saturated rings. The molecule has 1 aromatic rings. The van der Waals surface area contributed by atoms with E-state index in [9.17, 15) is 9.18 Å². The molecule has 2 nitrogen and oxygen atoms in total. The number of piperidine rings is 1. The van der Waals surface area contributed by atoms with E-state index in [2.05, 4.69) is 22.9 Å². The Balaban J connectivity index is 2.10. The summed E-state index contributed by atoms with van der Waals surface area (Å²) in [5, 5.41) is 0. The first-order chi connectivity index (χ1) is 8.61. The molecule has 1 saturated heterocycles. The Hall–Kier alpha value is -0.900. The fraction of sp³-hybridized carbons (Fsp3) is 0.500. The lowest BCUT2D eigenvalue weighted by molar-refractivity contribution is 0.0684. The van der Waals surface area contributed by atoms with Crippen molar-refractivity contribution >= 4 is 21.8 Å². The van der Waals surface area contributed by atoms with Crippen molar-refractivity contribution in [1.29, 1.82) is 0 Å². The molecule has 4 heteroatoms. The number of carbonyl (C=O) groups is 1. The molecule has 1 aliphatic rings. The van der Waals surface area contributed by atoms with Crippen LogP contribution in [0.1, 0.15) is 36.5 Å². The van der Waals surface area contributed by atoms with Gasteiger partial charge in [0.25, 0.3) is 5.91 Å². The highest BCUT2D eigenvalue weighted by Gasteiger charge is 2.24. The van der Waals surface area contributed by atoms with Crippen LogP contribution in [0.15, 0.2) is 22.7 Å². The summed E-state index contributed by atoms with van der Waals surface area (Å²) in [6.45, 7) is 3.66. The monoisotopic (exact) mass is 313 g/mol. The van der Waals surface area contributed by atoms with Crippen LogP contribution in [0.2, 0.25) is 0 Å². The molecule has 18 heavy (non-hydrogen) atoms. The maximum absolute atomic E-state index is 13.6. The highest BCUT2D eigenvalue weighted by molar-refractivity contribution is 9.10. The maximum Gasteiger partial charge on any atom is 0.256 e. The molecule has 0 aliphatic carbocycles. The second kappa shape index (κ2) is 5.83. The minimum Gasteiger partial charge on any atom is -0.339 e. The normalized spacial score (nSPS) is 16.9. The predicted molar refractivity (Wildman–Crippen MR) is 73.0 cm³/mol. The number of amides is 1. The Morgan fingerprint density at radius 2 is 2.11 bits per heavy atom. The zero-order valence-electron chi connectivity index (χ0n) is 10.5. The largest absolute Gasteiger partial charge is 0.339 e. The minimum absolute atomic E-state index is 0.166. The zero-order chi connectivity index (χ0) is 13.1. The van der Waals surface area contributed by atoms with Gasteiger partial charge >= 0.3 is 0 Å². The molecule has 1 amide bonds. The fourth-order valence-electron chi connectivity index (χ4n) is 2.38. The van der Waals surface area contributed by atoms with E-state index in [-0.39, 0.29) is 11.5 Å². The topological polar surface area (TPSA) is 20.3 Å². The summed E-state index contributed by atoms with van der Waals surface area (Å²) in [5.74, 6) is 0.0746.